The minimum atomic E-state index is -0.0292. The molecule has 0 saturated carbocycles. The molecule has 4 rings (SSSR count). The third-order valence-corrected chi connectivity index (χ3v) is 4.47. The summed E-state index contributed by atoms with van der Waals surface area (Å²) in [6.45, 7) is 4.91. The fourth-order valence-electron chi connectivity index (χ4n) is 3.13. The number of carbonyl (C=O) groups is 1. The molecular formula is C17H18N6O2. The van der Waals surface area contributed by atoms with E-state index in [4.69, 9.17) is 4.52 Å². The molecule has 0 spiro atoms. The van der Waals surface area contributed by atoms with Crippen LogP contribution in [0, 0.1) is 13.8 Å². The number of amides is 1. The van der Waals surface area contributed by atoms with Gasteiger partial charge in [0.1, 0.15) is 0 Å². The summed E-state index contributed by atoms with van der Waals surface area (Å²) in [5, 5.41) is 8.16. The maximum absolute atomic E-state index is 12.9. The number of aromatic nitrogens is 5. The Kier molecular flexibility index (Phi) is 3.79. The van der Waals surface area contributed by atoms with Crippen LogP contribution in [0.3, 0.4) is 0 Å². The second-order valence-corrected chi connectivity index (χ2v) is 6.16. The van der Waals surface area contributed by atoms with Crippen molar-refractivity contribution in [1.82, 2.24) is 29.8 Å². The summed E-state index contributed by atoms with van der Waals surface area (Å²) >= 11 is 0. The molecule has 0 radical (unpaired) electrons. The summed E-state index contributed by atoms with van der Waals surface area (Å²) in [7, 11) is 0. The standard InChI is InChI=1S/C17H18N6O2/c1-11-14(9-19-23(11)15-5-3-4-7-18-15)17(24)22-8-6-13(10-22)16-20-12(2)21-25-16/h3-5,7,9,13H,6,8,10H2,1-2H3/t13-/m0/s1. The first-order valence-corrected chi connectivity index (χ1v) is 8.19. The maximum Gasteiger partial charge on any atom is 0.257 e. The van der Waals surface area contributed by atoms with Gasteiger partial charge in [0.05, 0.1) is 23.4 Å². The number of nitrogens with zero attached hydrogens (tertiary/aromatic N) is 6. The summed E-state index contributed by atoms with van der Waals surface area (Å²) in [5.41, 5.74) is 1.37. The Labute approximate surface area is 144 Å². The van der Waals surface area contributed by atoms with Gasteiger partial charge in [0.25, 0.3) is 5.91 Å². The van der Waals surface area contributed by atoms with Gasteiger partial charge in [-0.15, -0.1) is 0 Å². The van der Waals surface area contributed by atoms with Crippen LogP contribution in [0.4, 0.5) is 0 Å². The molecule has 0 aliphatic carbocycles. The summed E-state index contributed by atoms with van der Waals surface area (Å²) in [6, 6.07) is 5.60. The molecule has 1 amide bonds. The van der Waals surface area contributed by atoms with E-state index in [1.165, 1.54) is 0 Å². The van der Waals surface area contributed by atoms with Crippen LogP contribution in [0.5, 0.6) is 0 Å². The number of likely N-dealkylation sites (tertiary alicyclic amines) is 1. The monoisotopic (exact) mass is 338 g/mol. The number of carbonyl (C=O) groups excluding carboxylic acids is 1. The third kappa shape index (κ3) is 2.79. The molecule has 0 aromatic carbocycles. The molecular weight excluding hydrogens is 320 g/mol. The molecule has 1 aliphatic heterocycles. The fraction of sp³-hybridized carbons (Fsp3) is 0.353. The topological polar surface area (TPSA) is 89.9 Å². The number of pyridine rings is 1. The van der Waals surface area contributed by atoms with E-state index in [0.29, 0.717) is 36.2 Å². The lowest BCUT2D eigenvalue weighted by molar-refractivity contribution is 0.0789. The summed E-state index contributed by atoms with van der Waals surface area (Å²) in [6.07, 6.45) is 4.13. The van der Waals surface area contributed by atoms with Gasteiger partial charge in [-0.25, -0.2) is 9.67 Å². The Balaban J connectivity index is 1.53. The minimum absolute atomic E-state index is 0.0292. The highest BCUT2D eigenvalue weighted by molar-refractivity contribution is 5.95. The summed E-state index contributed by atoms with van der Waals surface area (Å²) < 4.78 is 6.93. The van der Waals surface area contributed by atoms with Gasteiger partial charge in [-0.2, -0.15) is 10.1 Å². The molecule has 25 heavy (non-hydrogen) atoms. The number of hydrogen-bond acceptors (Lipinski definition) is 6. The van der Waals surface area contributed by atoms with E-state index in [0.717, 1.165) is 12.1 Å². The Hall–Kier alpha value is -3.03. The van der Waals surface area contributed by atoms with Gasteiger partial charge in [0.2, 0.25) is 5.89 Å². The van der Waals surface area contributed by atoms with Crippen LogP contribution < -0.4 is 0 Å². The smallest absolute Gasteiger partial charge is 0.257 e. The van der Waals surface area contributed by atoms with Gasteiger partial charge in [-0.05, 0) is 32.4 Å². The lowest BCUT2D eigenvalue weighted by Gasteiger charge is -2.15. The molecule has 0 unspecified atom stereocenters. The molecule has 3 aromatic heterocycles. The first-order chi connectivity index (χ1) is 12.1. The molecule has 3 aromatic rings. The van der Waals surface area contributed by atoms with Crippen LogP contribution >= 0.6 is 0 Å². The molecule has 1 atom stereocenters. The first-order valence-electron chi connectivity index (χ1n) is 8.19. The fourth-order valence-corrected chi connectivity index (χ4v) is 3.13. The van der Waals surface area contributed by atoms with Gasteiger partial charge in [0, 0.05) is 19.3 Å². The van der Waals surface area contributed by atoms with Crippen LogP contribution in [0.1, 0.15) is 40.1 Å². The highest BCUT2D eigenvalue weighted by Crippen LogP contribution is 2.27. The molecule has 1 saturated heterocycles. The SMILES string of the molecule is Cc1noc([C@H]2CCN(C(=O)c3cnn(-c4ccccn4)c3C)C2)n1. The molecule has 8 heteroatoms. The predicted octanol–water partition coefficient (Wildman–Crippen LogP) is 1.90. The van der Waals surface area contributed by atoms with E-state index in [1.54, 1.807) is 24.0 Å². The number of rotatable bonds is 3. The van der Waals surface area contributed by atoms with Crippen molar-refractivity contribution < 1.29 is 9.32 Å². The van der Waals surface area contributed by atoms with Crippen LogP contribution in [0.2, 0.25) is 0 Å². The molecule has 1 aliphatic rings. The Morgan fingerprint density at radius 3 is 2.92 bits per heavy atom. The predicted molar refractivity (Wildman–Crippen MR) is 88.4 cm³/mol. The molecule has 0 bridgehead atoms. The highest BCUT2D eigenvalue weighted by Gasteiger charge is 2.32. The second kappa shape index (κ2) is 6.12. The van der Waals surface area contributed by atoms with Crippen LogP contribution in [0.25, 0.3) is 5.82 Å². The van der Waals surface area contributed by atoms with Crippen molar-refractivity contribution in [2.75, 3.05) is 13.1 Å². The van der Waals surface area contributed by atoms with Gasteiger partial charge in [0.15, 0.2) is 11.6 Å². The van der Waals surface area contributed by atoms with Crippen molar-refractivity contribution >= 4 is 5.91 Å². The Morgan fingerprint density at radius 1 is 1.32 bits per heavy atom. The van der Waals surface area contributed by atoms with Crippen LogP contribution in [0.15, 0.2) is 35.1 Å². The van der Waals surface area contributed by atoms with Gasteiger partial charge in [-0.1, -0.05) is 11.2 Å². The van der Waals surface area contributed by atoms with Gasteiger partial charge in [-0.3, -0.25) is 4.79 Å². The van der Waals surface area contributed by atoms with Crippen molar-refractivity contribution in [3.05, 3.63) is 53.6 Å². The van der Waals surface area contributed by atoms with Crippen molar-refractivity contribution in [2.24, 2.45) is 0 Å². The van der Waals surface area contributed by atoms with Gasteiger partial charge >= 0.3 is 0 Å². The van der Waals surface area contributed by atoms with E-state index in [1.807, 2.05) is 30.0 Å². The zero-order valence-corrected chi connectivity index (χ0v) is 14.1. The average Bonchev–Trinajstić information content (AvgIpc) is 3.34. The quantitative estimate of drug-likeness (QED) is 0.724. The van der Waals surface area contributed by atoms with Crippen molar-refractivity contribution in [3.8, 4) is 5.82 Å². The zero-order valence-electron chi connectivity index (χ0n) is 14.1. The Morgan fingerprint density at radius 2 is 2.20 bits per heavy atom. The largest absolute Gasteiger partial charge is 0.339 e. The van der Waals surface area contributed by atoms with E-state index >= 15 is 0 Å². The van der Waals surface area contributed by atoms with E-state index in [-0.39, 0.29) is 11.8 Å². The lowest BCUT2D eigenvalue weighted by Crippen LogP contribution is -2.28. The van der Waals surface area contributed by atoms with Crippen LogP contribution in [-0.4, -0.2) is 48.8 Å². The molecule has 1 fully saturated rings. The average molecular weight is 338 g/mol. The molecule has 128 valence electrons. The van der Waals surface area contributed by atoms with Crippen molar-refractivity contribution in [2.45, 2.75) is 26.2 Å². The maximum atomic E-state index is 12.9. The van der Waals surface area contributed by atoms with E-state index in [9.17, 15) is 4.79 Å². The highest BCUT2D eigenvalue weighted by atomic mass is 16.5. The second-order valence-electron chi connectivity index (χ2n) is 6.16. The molecule has 4 heterocycles. The number of hydrogen-bond donors (Lipinski definition) is 0. The van der Waals surface area contributed by atoms with Gasteiger partial charge < -0.3 is 9.42 Å². The van der Waals surface area contributed by atoms with Crippen LogP contribution in [-0.2, 0) is 0 Å². The van der Waals surface area contributed by atoms with E-state index < -0.39 is 0 Å². The summed E-state index contributed by atoms with van der Waals surface area (Å²) in [4.78, 5) is 23.3. The van der Waals surface area contributed by atoms with Crippen molar-refractivity contribution in [3.63, 3.8) is 0 Å². The molecule has 0 N–H and O–H groups in total. The summed E-state index contributed by atoms with van der Waals surface area (Å²) in [5.74, 6) is 1.98. The van der Waals surface area contributed by atoms with Crippen molar-refractivity contribution in [1.29, 1.82) is 0 Å². The third-order valence-electron chi connectivity index (χ3n) is 4.47. The normalized spacial score (nSPS) is 17.2. The zero-order chi connectivity index (χ0) is 17.4. The molecule has 8 nitrogen and oxygen atoms in total. The number of aryl methyl sites for hydroxylation is 1. The lowest BCUT2D eigenvalue weighted by atomic mass is 10.1. The first kappa shape index (κ1) is 15.5. The van der Waals surface area contributed by atoms with E-state index in [2.05, 4.69) is 20.2 Å². The Bertz CT molecular complexity index is 901. The minimum Gasteiger partial charge on any atom is -0.339 e.